The SMILES string of the molecule is CCC[C@H]1CC[Si@H](CCC2(c3ccc(F)cc3)CCCCC2)CC1. The Bertz CT molecular complexity index is 481. The summed E-state index contributed by atoms with van der Waals surface area (Å²) in [6.45, 7) is 2.33. The van der Waals surface area contributed by atoms with Gasteiger partial charge < -0.3 is 0 Å². The van der Waals surface area contributed by atoms with Crippen LogP contribution < -0.4 is 0 Å². The van der Waals surface area contributed by atoms with Gasteiger partial charge in [-0.1, -0.05) is 82.1 Å². The zero-order chi connectivity index (χ0) is 16.8. The Morgan fingerprint density at radius 3 is 2.33 bits per heavy atom. The van der Waals surface area contributed by atoms with Crippen molar-refractivity contribution in [3.8, 4) is 0 Å². The molecule has 0 amide bonds. The van der Waals surface area contributed by atoms with E-state index in [4.69, 9.17) is 0 Å². The summed E-state index contributed by atoms with van der Waals surface area (Å²) < 4.78 is 13.4. The summed E-state index contributed by atoms with van der Waals surface area (Å²) in [4.78, 5) is 0. The normalized spacial score (nSPS) is 27.1. The Hall–Kier alpha value is -0.633. The molecule has 1 aliphatic heterocycles. The van der Waals surface area contributed by atoms with Gasteiger partial charge in [0.2, 0.25) is 0 Å². The van der Waals surface area contributed by atoms with Crippen molar-refractivity contribution >= 4 is 8.80 Å². The predicted molar refractivity (Wildman–Crippen MR) is 105 cm³/mol. The molecular weight excluding hydrogens is 311 g/mol. The molecule has 0 nitrogen and oxygen atoms in total. The van der Waals surface area contributed by atoms with Crippen LogP contribution in [0.1, 0.15) is 76.7 Å². The summed E-state index contributed by atoms with van der Waals surface area (Å²) in [6, 6.07) is 12.2. The second kappa shape index (κ2) is 8.65. The summed E-state index contributed by atoms with van der Waals surface area (Å²) in [7, 11) is -0.512. The van der Waals surface area contributed by atoms with E-state index in [1.807, 2.05) is 0 Å². The molecule has 1 heterocycles. The molecule has 0 radical (unpaired) electrons. The molecular formula is C22H35FSi. The van der Waals surface area contributed by atoms with Crippen LogP contribution in [0.15, 0.2) is 24.3 Å². The lowest BCUT2D eigenvalue weighted by molar-refractivity contribution is 0.282. The molecule has 2 fully saturated rings. The van der Waals surface area contributed by atoms with Gasteiger partial charge >= 0.3 is 0 Å². The summed E-state index contributed by atoms with van der Waals surface area (Å²) in [6.07, 6.45) is 14.0. The molecule has 0 unspecified atom stereocenters. The maximum atomic E-state index is 13.4. The highest BCUT2D eigenvalue weighted by molar-refractivity contribution is 6.59. The molecule has 0 spiro atoms. The maximum Gasteiger partial charge on any atom is 0.123 e. The second-order valence-electron chi connectivity index (χ2n) is 8.56. The highest BCUT2D eigenvalue weighted by Crippen LogP contribution is 2.44. The van der Waals surface area contributed by atoms with Gasteiger partial charge in [0.05, 0.1) is 0 Å². The van der Waals surface area contributed by atoms with Crippen molar-refractivity contribution < 1.29 is 4.39 Å². The molecule has 24 heavy (non-hydrogen) atoms. The van der Waals surface area contributed by atoms with E-state index in [2.05, 4.69) is 19.1 Å². The molecule has 0 aromatic heterocycles. The first-order chi connectivity index (χ1) is 11.7. The van der Waals surface area contributed by atoms with Crippen molar-refractivity contribution in [1.82, 2.24) is 0 Å². The van der Waals surface area contributed by atoms with Gasteiger partial charge in [0.1, 0.15) is 5.82 Å². The van der Waals surface area contributed by atoms with Crippen LogP contribution in [-0.4, -0.2) is 8.80 Å². The van der Waals surface area contributed by atoms with Gasteiger partial charge in [-0.15, -0.1) is 0 Å². The Morgan fingerprint density at radius 2 is 1.71 bits per heavy atom. The molecule has 0 atom stereocenters. The first-order valence-corrected chi connectivity index (χ1v) is 12.9. The summed E-state index contributed by atoms with van der Waals surface area (Å²) in [5, 5.41) is 0. The smallest absolute Gasteiger partial charge is 0.123 e. The van der Waals surface area contributed by atoms with Crippen LogP contribution in [0, 0.1) is 11.7 Å². The van der Waals surface area contributed by atoms with Crippen molar-refractivity contribution in [2.75, 3.05) is 0 Å². The van der Waals surface area contributed by atoms with Crippen LogP contribution in [0.3, 0.4) is 0 Å². The molecule has 1 saturated carbocycles. The molecule has 0 bridgehead atoms. The minimum absolute atomic E-state index is 0.0895. The molecule has 2 aliphatic rings. The highest BCUT2D eigenvalue weighted by Gasteiger charge is 2.34. The third-order valence-electron chi connectivity index (χ3n) is 6.96. The Morgan fingerprint density at radius 1 is 1.04 bits per heavy atom. The summed E-state index contributed by atoms with van der Waals surface area (Å²) >= 11 is 0. The van der Waals surface area contributed by atoms with Crippen molar-refractivity contribution in [2.45, 2.75) is 94.7 Å². The van der Waals surface area contributed by atoms with Gasteiger partial charge in [-0.25, -0.2) is 4.39 Å². The number of hydrogen-bond donors (Lipinski definition) is 0. The van der Waals surface area contributed by atoms with E-state index in [1.165, 1.54) is 75.8 Å². The van der Waals surface area contributed by atoms with Gasteiger partial charge in [-0.2, -0.15) is 0 Å². The fraction of sp³-hybridized carbons (Fsp3) is 0.727. The number of rotatable bonds is 6. The van der Waals surface area contributed by atoms with Gasteiger partial charge in [0.15, 0.2) is 0 Å². The molecule has 1 aromatic rings. The van der Waals surface area contributed by atoms with Crippen molar-refractivity contribution in [1.29, 1.82) is 0 Å². The number of benzene rings is 1. The fourth-order valence-corrected chi connectivity index (χ4v) is 9.12. The van der Waals surface area contributed by atoms with Crippen molar-refractivity contribution in [2.24, 2.45) is 5.92 Å². The lowest BCUT2D eigenvalue weighted by atomic mass is 9.68. The Balaban J connectivity index is 1.60. The Labute approximate surface area is 149 Å². The summed E-state index contributed by atoms with van der Waals surface area (Å²) in [5.41, 5.74) is 1.80. The van der Waals surface area contributed by atoms with Gasteiger partial charge in [-0.3, -0.25) is 0 Å². The van der Waals surface area contributed by atoms with E-state index in [0.29, 0.717) is 5.41 Å². The number of halogens is 1. The zero-order valence-electron chi connectivity index (χ0n) is 15.5. The predicted octanol–water partition coefficient (Wildman–Crippen LogP) is 6.85. The lowest BCUT2D eigenvalue weighted by Gasteiger charge is -2.39. The van der Waals surface area contributed by atoms with Crippen LogP contribution >= 0.6 is 0 Å². The minimum Gasteiger partial charge on any atom is -0.207 e. The topological polar surface area (TPSA) is 0 Å². The average Bonchev–Trinajstić information content (AvgIpc) is 2.63. The quantitative estimate of drug-likeness (QED) is 0.494. The largest absolute Gasteiger partial charge is 0.207 e. The minimum atomic E-state index is -0.512. The molecule has 134 valence electrons. The number of hydrogen-bond acceptors (Lipinski definition) is 0. The van der Waals surface area contributed by atoms with E-state index in [9.17, 15) is 4.39 Å². The fourth-order valence-electron chi connectivity index (χ4n) is 5.41. The lowest BCUT2D eigenvalue weighted by Crippen LogP contribution is -2.31. The van der Waals surface area contributed by atoms with E-state index in [-0.39, 0.29) is 5.82 Å². The zero-order valence-corrected chi connectivity index (χ0v) is 16.7. The van der Waals surface area contributed by atoms with Crippen LogP contribution in [0.25, 0.3) is 0 Å². The highest BCUT2D eigenvalue weighted by atomic mass is 28.3. The molecule has 2 heteroatoms. The first kappa shape index (κ1) is 18.2. The van der Waals surface area contributed by atoms with Crippen LogP contribution in [0.2, 0.25) is 18.1 Å². The van der Waals surface area contributed by atoms with Crippen molar-refractivity contribution in [3.05, 3.63) is 35.6 Å². The molecule has 0 N–H and O–H groups in total. The van der Waals surface area contributed by atoms with Gasteiger partial charge in [0, 0.05) is 8.80 Å². The molecule has 1 aromatic carbocycles. The van der Waals surface area contributed by atoms with Gasteiger partial charge in [-0.05, 0) is 48.3 Å². The maximum absolute atomic E-state index is 13.4. The second-order valence-corrected chi connectivity index (χ2v) is 12.0. The van der Waals surface area contributed by atoms with Crippen LogP contribution in [-0.2, 0) is 5.41 Å². The summed E-state index contributed by atoms with van der Waals surface area (Å²) in [5.74, 6) is 0.952. The molecule has 1 saturated heterocycles. The van der Waals surface area contributed by atoms with E-state index in [1.54, 1.807) is 24.2 Å². The first-order valence-electron chi connectivity index (χ1n) is 10.5. The van der Waals surface area contributed by atoms with Crippen molar-refractivity contribution in [3.63, 3.8) is 0 Å². The molecule has 3 rings (SSSR count). The van der Waals surface area contributed by atoms with E-state index >= 15 is 0 Å². The molecule has 1 aliphatic carbocycles. The standard InChI is InChI=1S/C22H35FSi/c1-2-6-19-11-16-24(17-12-19)18-15-22(13-4-3-5-14-22)20-7-9-21(23)10-8-20/h7-10,19,24H,2-6,11-18H2,1H3/t19-,24-. The van der Waals surface area contributed by atoms with Gasteiger partial charge in [0.25, 0.3) is 0 Å². The van der Waals surface area contributed by atoms with E-state index < -0.39 is 8.80 Å². The monoisotopic (exact) mass is 346 g/mol. The van der Waals surface area contributed by atoms with E-state index in [0.717, 1.165) is 5.92 Å². The average molecular weight is 347 g/mol. The van der Waals surface area contributed by atoms with Crippen LogP contribution in [0.5, 0.6) is 0 Å². The third kappa shape index (κ3) is 4.50. The Kier molecular flexibility index (Phi) is 6.54. The van der Waals surface area contributed by atoms with Crippen LogP contribution in [0.4, 0.5) is 4.39 Å². The third-order valence-corrected chi connectivity index (χ3v) is 10.4.